The third-order valence-electron chi connectivity index (χ3n) is 4.26. The van der Waals surface area contributed by atoms with Crippen LogP contribution < -0.4 is 5.73 Å². The number of carbonyl (C=O) groups is 2. The molecule has 7 heteroatoms. The minimum absolute atomic E-state index is 0.0242. The molecule has 0 aliphatic carbocycles. The SMILES string of the molecule is Cc1ccc(C(=O)N(C)C[C@@H]2C[C@H](F)CN2CC(N)=O)n1C. The van der Waals surface area contributed by atoms with E-state index in [0.29, 0.717) is 18.7 Å². The Morgan fingerprint density at radius 3 is 2.68 bits per heavy atom. The van der Waals surface area contributed by atoms with Gasteiger partial charge in [0.15, 0.2) is 0 Å². The average Bonchev–Trinajstić information content (AvgIpc) is 2.92. The van der Waals surface area contributed by atoms with Gasteiger partial charge in [0.05, 0.1) is 6.54 Å². The number of aromatic nitrogens is 1. The second-order valence-corrected chi connectivity index (χ2v) is 5.99. The molecule has 2 atom stereocenters. The van der Waals surface area contributed by atoms with Crippen LogP contribution in [0, 0.1) is 6.92 Å². The summed E-state index contributed by atoms with van der Waals surface area (Å²) in [6.07, 6.45) is -0.665. The highest BCUT2D eigenvalue weighted by atomic mass is 19.1. The fourth-order valence-corrected chi connectivity index (χ4v) is 2.93. The number of amides is 2. The molecule has 0 unspecified atom stereocenters. The zero-order valence-electron chi connectivity index (χ0n) is 13.3. The van der Waals surface area contributed by atoms with E-state index < -0.39 is 12.1 Å². The molecule has 1 saturated heterocycles. The number of hydrogen-bond donors (Lipinski definition) is 1. The molecule has 2 rings (SSSR count). The Bertz CT molecular complexity index is 572. The van der Waals surface area contributed by atoms with Crippen molar-refractivity contribution in [2.45, 2.75) is 25.6 Å². The van der Waals surface area contributed by atoms with Gasteiger partial charge in [0.2, 0.25) is 5.91 Å². The van der Waals surface area contributed by atoms with Crippen LogP contribution in [0.3, 0.4) is 0 Å². The van der Waals surface area contributed by atoms with Crippen molar-refractivity contribution in [1.82, 2.24) is 14.4 Å². The van der Waals surface area contributed by atoms with Crippen molar-refractivity contribution in [3.63, 3.8) is 0 Å². The van der Waals surface area contributed by atoms with Gasteiger partial charge in [-0.3, -0.25) is 14.5 Å². The minimum Gasteiger partial charge on any atom is -0.369 e. The smallest absolute Gasteiger partial charge is 0.270 e. The number of likely N-dealkylation sites (N-methyl/N-ethyl adjacent to an activating group) is 1. The average molecular weight is 310 g/mol. The Balaban J connectivity index is 2.04. The summed E-state index contributed by atoms with van der Waals surface area (Å²) < 4.78 is 15.4. The topological polar surface area (TPSA) is 71.6 Å². The van der Waals surface area contributed by atoms with Crippen molar-refractivity contribution in [3.8, 4) is 0 Å². The van der Waals surface area contributed by atoms with Crippen LogP contribution in [0.5, 0.6) is 0 Å². The number of nitrogens with zero attached hydrogens (tertiary/aromatic N) is 3. The summed E-state index contributed by atoms with van der Waals surface area (Å²) in [6, 6.07) is 3.48. The van der Waals surface area contributed by atoms with E-state index in [9.17, 15) is 14.0 Å². The molecule has 0 bridgehead atoms. The highest BCUT2D eigenvalue weighted by molar-refractivity contribution is 5.92. The number of nitrogens with two attached hydrogens (primary N) is 1. The van der Waals surface area contributed by atoms with Crippen molar-refractivity contribution in [2.24, 2.45) is 12.8 Å². The lowest BCUT2D eigenvalue weighted by atomic mass is 10.2. The fraction of sp³-hybridized carbons (Fsp3) is 0.600. The van der Waals surface area contributed by atoms with E-state index in [4.69, 9.17) is 5.73 Å². The number of halogens is 1. The maximum absolute atomic E-state index is 13.6. The standard InChI is InChI=1S/C15H23FN4O2/c1-10-4-5-13(19(10)3)15(22)18(2)8-12-6-11(16)7-20(12)9-14(17)21/h4-5,11-12H,6-9H2,1-3H3,(H2,17,21)/t11-,12-/m0/s1. The molecule has 0 spiro atoms. The van der Waals surface area contributed by atoms with Crippen LogP contribution in [-0.2, 0) is 11.8 Å². The van der Waals surface area contributed by atoms with E-state index >= 15 is 0 Å². The van der Waals surface area contributed by atoms with Gasteiger partial charge < -0.3 is 15.2 Å². The Labute approximate surface area is 129 Å². The van der Waals surface area contributed by atoms with E-state index in [1.165, 1.54) is 0 Å². The molecule has 1 fully saturated rings. The highest BCUT2D eigenvalue weighted by Crippen LogP contribution is 2.21. The molecule has 2 heterocycles. The summed E-state index contributed by atoms with van der Waals surface area (Å²) in [6.45, 7) is 2.52. The summed E-state index contributed by atoms with van der Waals surface area (Å²) >= 11 is 0. The molecule has 122 valence electrons. The molecule has 2 N–H and O–H groups in total. The van der Waals surface area contributed by atoms with E-state index in [1.54, 1.807) is 22.9 Å². The molecule has 2 amide bonds. The highest BCUT2D eigenvalue weighted by Gasteiger charge is 2.34. The first kappa shape index (κ1) is 16.5. The third-order valence-corrected chi connectivity index (χ3v) is 4.26. The van der Waals surface area contributed by atoms with Gasteiger partial charge in [0.25, 0.3) is 5.91 Å². The summed E-state index contributed by atoms with van der Waals surface area (Å²) in [5, 5.41) is 0. The van der Waals surface area contributed by atoms with Gasteiger partial charge in [-0.25, -0.2) is 4.39 Å². The van der Waals surface area contributed by atoms with Gasteiger partial charge in [-0.15, -0.1) is 0 Å². The lowest BCUT2D eigenvalue weighted by molar-refractivity contribution is -0.119. The van der Waals surface area contributed by atoms with Crippen LogP contribution in [0.1, 0.15) is 22.6 Å². The minimum atomic E-state index is -0.981. The van der Waals surface area contributed by atoms with Crippen LogP contribution in [0.25, 0.3) is 0 Å². The number of likely N-dealkylation sites (tertiary alicyclic amines) is 1. The molecule has 1 aliphatic rings. The van der Waals surface area contributed by atoms with E-state index in [-0.39, 0.29) is 25.0 Å². The quantitative estimate of drug-likeness (QED) is 0.850. The first-order chi connectivity index (χ1) is 10.3. The number of aryl methyl sites for hydroxylation is 1. The van der Waals surface area contributed by atoms with E-state index in [1.807, 2.05) is 24.6 Å². The lowest BCUT2D eigenvalue weighted by Gasteiger charge is -2.27. The number of rotatable bonds is 5. The first-order valence-electron chi connectivity index (χ1n) is 7.33. The Morgan fingerprint density at radius 2 is 2.14 bits per heavy atom. The second-order valence-electron chi connectivity index (χ2n) is 5.99. The van der Waals surface area contributed by atoms with Crippen molar-refractivity contribution >= 4 is 11.8 Å². The molecule has 22 heavy (non-hydrogen) atoms. The molecule has 1 aromatic heterocycles. The number of alkyl halides is 1. The van der Waals surface area contributed by atoms with Crippen LogP contribution >= 0.6 is 0 Å². The molecule has 0 saturated carbocycles. The summed E-state index contributed by atoms with van der Waals surface area (Å²) in [5.41, 5.74) is 6.79. The third kappa shape index (κ3) is 3.47. The van der Waals surface area contributed by atoms with Gasteiger partial charge >= 0.3 is 0 Å². The van der Waals surface area contributed by atoms with Crippen LogP contribution in [0.2, 0.25) is 0 Å². The largest absolute Gasteiger partial charge is 0.369 e. The monoisotopic (exact) mass is 310 g/mol. The maximum atomic E-state index is 13.6. The molecule has 1 aliphatic heterocycles. The molecule has 0 aromatic carbocycles. The summed E-state index contributed by atoms with van der Waals surface area (Å²) in [7, 11) is 3.53. The van der Waals surface area contributed by atoms with Crippen molar-refractivity contribution in [3.05, 3.63) is 23.5 Å². The van der Waals surface area contributed by atoms with Gasteiger partial charge in [-0.1, -0.05) is 0 Å². The normalized spacial score (nSPS) is 22.0. The van der Waals surface area contributed by atoms with Crippen LogP contribution in [0.4, 0.5) is 4.39 Å². The molecular weight excluding hydrogens is 287 g/mol. The Morgan fingerprint density at radius 1 is 1.45 bits per heavy atom. The Hall–Kier alpha value is -1.89. The number of hydrogen-bond acceptors (Lipinski definition) is 3. The number of carbonyl (C=O) groups excluding carboxylic acids is 2. The zero-order chi connectivity index (χ0) is 16.4. The van der Waals surface area contributed by atoms with Gasteiger partial charge in [-0.05, 0) is 25.5 Å². The van der Waals surface area contributed by atoms with Crippen molar-refractivity contribution in [1.29, 1.82) is 0 Å². The fourth-order valence-electron chi connectivity index (χ4n) is 2.93. The van der Waals surface area contributed by atoms with Crippen molar-refractivity contribution in [2.75, 3.05) is 26.7 Å². The van der Waals surface area contributed by atoms with Gasteiger partial charge in [0, 0.05) is 38.9 Å². The zero-order valence-corrected chi connectivity index (χ0v) is 13.3. The van der Waals surface area contributed by atoms with Crippen molar-refractivity contribution < 1.29 is 14.0 Å². The Kier molecular flexibility index (Phi) is 4.85. The first-order valence-corrected chi connectivity index (χ1v) is 7.33. The second kappa shape index (κ2) is 6.48. The van der Waals surface area contributed by atoms with Gasteiger partial charge in [-0.2, -0.15) is 0 Å². The summed E-state index contributed by atoms with van der Waals surface area (Å²) in [5.74, 6) is -0.594. The molecular formula is C15H23FN4O2. The van der Waals surface area contributed by atoms with E-state index in [2.05, 4.69) is 0 Å². The summed E-state index contributed by atoms with van der Waals surface area (Å²) in [4.78, 5) is 26.8. The predicted molar refractivity (Wildman–Crippen MR) is 81.2 cm³/mol. The maximum Gasteiger partial charge on any atom is 0.270 e. The predicted octanol–water partition coefficient (Wildman–Crippen LogP) is 0.303. The molecule has 6 nitrogen and oxygen atoms in total. The van der Waals surface area contributed by atoms with Gasteiger partial charge in [0.1, 0.15) is 11.9 Å². The molecule has 1 aromatic rings. The lowest BCUT2D eigenvalue weighted by Crippen LogP contribution is -2.44. The molecule has 0 radical (unpaired) electrons. The van der Waals surface area contributed by atoms with E-state index in [0.717, 1.165) is 5.69 Å². The van der Waals surface area contributed by atoms with Crippen LogP contribution in [-0.4, -0.2) is 65.1 Å². The number of primary amides is 1. The van der Waals surface area contributed by atoms with Crippen LogP contribution in [0.15, 0.2) is 12.1 Å².